The molecule has 1 aromatic heterocycles. The first-order valence-electron chi connectivity index (χ1n) is 6.69. The summed E-state index contributed by atoms with van der Waals surface area (Å²) in [6.07, 6.45) is 0. The summed E-state index contributed by atoms with van der Waals surface area (Å²) in [6, 6.07) is 9.75. The quantitative estimate of drug-likeness (QED) is 0.724. The molecule has 1 aromatic carbocycles. The minimum Gasteiger partial charge on any atom is -0.491 e. The van der Waals surface area contributed by atoms with Crippen molar-refractivity contribution in [3.63, 3.8) is 0 Å². The molecule has 2 rings (SSSR count). The van der Waals surface area contributed by atoms with E-state index < -0.39 is 0 Å². The van der Waals surface area contributed by atoms with E-state index >= 15 is 0 Å². The molecule has 2 aromatic rings. The molecule has 5 heteroatoms. The molecule has 0 saturated heterocycles. The lowest BCUT2D eigenvalue weighted by Gasteiger charge is -2.08. The zero-order valence-electron chi connectivity index (χ0n) is 11.8. The number of rotatable bonds is 7. The van der Waals surface area contributed by atoms with E-state index in [0.29, 0.717) is 19.8 Å². The molecule has 0 aliphatic rings. The van der Waals surface area contributed by atoms with E-state index in [1.165, 1.54) is 0 Å². The van der Waals surface area contributed by atoms with Gasteiger partial charge in [0.15, 0.2) is 0 Å². The van der Waals surface area contributed by atoms with Gasteiger partial charge in [-0.3, -0.25) is 4.68 Å². The van der Waals surface area contributed by atoms with Crippen molar-refractivity contribution in [1.82, 2.24) is 9.78 Å². The average Bonchev–Trinajstić information content (AvgIpc) is 2.75. The third kappa shape index (κ3) is 3.84. The molecule has 1 heterocycles. The molecule has 0 radical (unpaired) electrons. The van der Waals surface area contributed by atoms with E-state index in [9.17, 15) is 0 Å². The largest absolute Gasteiger partial charge is 0.491 e. The van der Waals surface area contributed by atoms with Gasteiger partial charge in [-0.05, 0) is 41.9 Å². The Morgan fingerprint density at radius 2 is 1.95 bits per heavy atom. The van der Waals surface area contributed by atoms with E-state index in [-0.39, 0.29) is 0 Å². The smallest absolute Gasteiger partial charge is 0.119 e. The number of para-hydroxylation sites is 1. The third-order valence-corrected chi connectivity index (χ3v) is 3.96. The molecule has 0 atom stereocenters. The number of ether oxygens (including phenoxy) is 2. The van der Waals surface area contributed by atoms with Gasteiger partial charge in [0.1, 0.15) is 12.4 Å². The Morgan fingerprint density at radius 3 is 2.65 bits per heavy atom. The highest BCUT2D eigenvalue weighted by molar-refractivity contribution is 9.10. The van der Waals surface area contributed by atoms with E-state index in [0.717, 1.165) is 28.2 Å². The molecule has 108 valence electrons. The van der Waals surface area contributed by atoms with E-state index in [4.69, 9.17) is 9.47 Å². The summed E-state index contributed by atoms with van der Waals surface area (Å²) in [4.78, 5) is 0. The lowest BCUT2D eigenvalue weighted by Crippen LogP contribution is -2.09. The molecular formula is C15H19BrN2O2. The highest BCUT2D eigenvalue weighted by atomic mass is 79.9. The minimum absolute atomic E-state index is 0.535. The van der Waals surface area contributed by atoms with Crippen molar-refractivity contribution in [2.45, 2.75) is 27.0 Å². The SMILES string of the molecule is CCn1nc(C)c(Br)c1COCCOc1ccccc1. The Balaban J connectivity index is 1.76. The maximum atomic E-state index is 5.66. The van der Waals surface area contributed by atoms with Crippen molar-refractivity contribution in [3.8, 4) is 5.75 Å². The van der Waals surface area contributed by atoms with Crippen LogP contribution in [0.2, 0.25) is 0 Å². The van der Waals surface area contributed by atoms with Gasteiger partial charge in [-0.2, -0.15) is 5.10 Å². The van der Waals surface area contributed by atoms with Gasteiger partial charge in [0.2, 0.25) is 0 Å². The molecule has 0 amide bonds. The van der Waals surface area contributed by atoms with Crippen LogP contribution in [-0.2, 0) is 17.9 Å². The second-order valence-electron chi connectivity index (χ2n) is 4.38. The van der Waals surface area contributed by atoms with Crippen LogP contribution in [-0.4, -0.2) is 23.0 Å². The van der Waals surface area contributed by atoms with Crippen molar-refractivity contribution in [1.29, 1.82) is 0 Å². The fourth-order valence-electron chi connectivity index (χ4n) is 1.91. The van der Waals surface area contributed by atoms with Crippen molar-refractivity contribution >= 4 is 15.9 Å². The van der Waals surface area contributed by atoms with Gasteiger partial charge in [-0.1, -0.05) is 18.2 Å². The van der Waals surface area contributed by atoms with Crippen LogP contribution in [0.1, 0.15) is 18.3 Å². The van der Waals surface area contributed by atoms with Crippen LogP contribution in [0.3, 0.4) is 0 Å². The highest BCUT2D eigenvalue weighted by Crippen LogP contribution is 2.21. The summed E-state index contributed by atoms with van der Waals surface area (Å²) in [5.74, 6) is 0.867. The average molecular weight is 339 g/mol. The lowest BCUT2D eigenvalue weighted by molar-refractivity contribution is 0.0843. The number of hydrogen-bond donors (Lipinski definition) is 0. The predicted octanol–water partition coefficient (Wildman–Crippen LogP) is 3.57. The summed E-state index contributed by atoms with van der Waals surface area (Å²) in [6.45, 7) is 6.52. The molecule has 0 unspecified atom stereocenters. The van der Waals surface area contributed by atoms with E-state index in [1.54, 1.807) is 0 Å². The monoisotopic (exact) mass is 338 g/mol. The molecule has 0 fully saturated rings. The predicted molar refractivity (Wildman–Crippen MR) is 81.9 cm³/mol. The Kier molecular flexibility index (Phi) is 5.61. The van der Waals surface area contributed by atoms with Gasteiger partial charge in [0.25, 0.3) is 0 Å². The van der Waals surface area contributed by atoms with Crippen LogP contribution >= 0.6 is 15.9 Å². The first kappa shape index (κ1) is 15.1. The maximum absolute atomic E-state index is 5.66. The summed E-state index contributed by atoms with van der Waals surface area (Å²) >= 11 is 3.55. The molecule has 0 bridgehead atoms. The van der Waals surface area contributed by atoms with Gasteiger partial charge in [-0.15, -0.1) is 0 Å². The zero-order chi connectivity index (χ0) is 14.4. The Bertz CT molecular complexity index is 540. The Hall–Kier alpha value is -1.33. The fraction of sp³-hybridized carbons (Fsp3) is 0.400. The molecule has 0 spiro atoms. The van der Waals surface area contributed by atoms with Gasteiger partial charge in [-0.25, -0.2) is 0 Å². The van der Waals surface area contributed by atoms with Crippen LogP contribution in [0.25, 0.3) is 0 Å². The first-order valence-corrected chi connectivity index (χ1v) is 7.49. The first-order chi connectivity index (χ1) is 9.72. The summed E-state index contributed by atoms with van der Waals surface area (Å²) in [7, 11) is 0. The van der Waals surface area contributed by atoms with Crippen LogP contribution in [0.4, 0.5) is 0 Å². The van der Waals surface area contributed by atoms with Crippen LogP contribution < -0.4 is 4.74 Å². The fourth-order valence-corrected chi connectivity index (χ4v) is 2.31. The van der Waals surface area contributed by atoms with Crippen molar-refractivity contribution < 1.29 is 9.47 Å². The second-order valence-corrected chi connectivity index (χ2v) is 5.17. The van der Waals surface area contributed by atoms with Crippen LogP contribution in [0, 0.1) is 6.92 Å². The van der Waals surface area contributed by atoms with E-state index in [2.05, 4.69) is 28.0 Å². The van der Waals surface area contributed by atoms with Gasteiger partial charge in [0.05, 0.1) is 29.1 Å². The molecule has 4 nitrogen and oxygen atoms in total. The number of halogens is 1. The number of aromatic nitrogens is 2. The van der Waals surface area contributed by atoms with Crippen LogP contribution in [0.5, 0.6) is 5.75 Å². The molecular weight excluding hydrogens is 320 g/mol. The Morgan fingerprint density at radius 1 is 1.20 bits per heavy atom. The van der Waals surface area contributed by atoms with Gasteiger partial charge >= 0.3 is 0 Å². The van der Waals surface area contributed by atoms with Gasteiger partial charge in [0, 0.05) is 6.54 Å². The summed E-state index contributed by atoms with van der Waals surface area (Å²) < 4.78 is 14.2. The minimum atomic E-state index is 0.535. The lowest BCUT2D eigenvalue weighted by atomic mass is 10.3. The molecule has 0 N–H and O–H groups in total. The molecule has 20 heavy (non-hydrogen) atoms. The van der Waals surface area contributed by atoms with Crippen molar-refractivity contribution in [2.24, 2.45) is 0 Å². The normalized spacial score (nSPS) is 10.8. The van der Waals surface area contributed by atoms with Gasteiger partial charge < -0.3 is 9.47 Å². The van der Waals surface area contributed by atoms with Crippen LogP contribution in [0.15, 0.2) is 34.8 Å². The van der Waals surface area contributed by atoms with E-state index in [1.807, 2.05) is 41.9 Å². The third-order valence-electron chi connectivity index (χ3n) is 2.93. The highest BCUT2D eigenvalue weighted by Gasteiger charge is 2.11. The number of benzene rings is 1. The number of aryl methyl sites for hydroxylation is 2. The number of nitrogens with zero attached hydrogens (tertiary/aromatic N) is 2. The van der Waals surface area contributed by atoms with Crippen molar-refractivity contribution in [2.75, 3.05) is 13.2 Å². The second kappa shape index (κ2) is 7.45. The molecule has 0 aliphatic heterocycles. The topological polar surface area (TPSA) is 36.3 Å². The maximum Gasteiger partial charge on any atom is 0.119 e. The standard InChI is InChI=1S/C15H19BrN2O2/c1-3-18-14(15(16)12(2)17-18)11-19-9-10-20-13-7-5-4-6-8-13/h4-8H,3,9-11H2,1-2H3. The summed E-state index contributed by atoms with van der Waals surface area (Å²) in [5.41, 5.74) is 2.07. The number of hydrogen-bond acceptors (Lipinski definition) is 3. The summed E-state index contributed by atoms with van der Waals surface area (Å²) in [5, 5.41) is 4.43. The molecule has 0 saturated carbocycles. The molecule has 0 aliphatic carbocycles. The zero-order valence-corrected chi connectivity index (χ0v) is 13.4. The van der Waals surface area contributed by atoms with Crippen molar-refractivity contribution in [3.05, 3.63) is 46.2 Å². The Labute approximate surface area is 127 Å².